The minimum Gasteiger partial charge on any atom is -0.386 e. The van der Waals surface area contributed by atoms with Crippen LogP contribution in [-0.4, -0.2) is 162 Å². The molecular weight excluding hydrogens is 889 g/mol. The maximum absolute atomic E-state index is 14.6. The number of nitrogens with zero attached hydrogens (tertiary/aromatic N) is 4. The zero-order valence-electron chi connectivity index (χ0n) is 43.2. The Kier molecular flexibility index (Phi) is 23.9. The number of ether oxygens (including phenoxy) is 2. The first-order valence-electron chi connectivity index (χ1n) is 24.7. The molecule has 1 unspecified atom stereocenters. The molecule has 0 bridgehead atoms. The van der Waals surface area contributed by atoms with E-state index in [9.17, 15) is 38.7 Å². The minimum atomic E-state index is -0.946. The van der Waals surface area contributed by atoms with E-state index in [-0.39, 0.29) is 78.4 Å². The summed E-state index contributed by atoms with van der Waals surface area (Å²) in [6, 6.07) is 5.81. The molecule has 3 rings (SSSR count). The average Bonchev–Trinajstić information content (AvgIpc) is 3.90. The van der Waals surface area contributed by atoms with Crippen LogP contribution in [0.5, 0.6) is 0 Å². The number of nitrogens with one attached hydrogen (secondary N) is 2. The number of amides is 7. The Morgan fingerprint density at radius 3 is 2.12 bits per heavy atom. The third kappa shape index (κ3) is 15.2. The van der Waals surface area contributed by atoms with Crippen molar-refractivity contribution in [2.45, 2.75) is 162 Å². The van der Waals surface area contributed by atoms with Crippen molar-refractivity contribution in [3.63, 3.8) is 0 Å². The molecule has 16 nitrogen and oxygen atoms in total. The van der Waals surface area contributed by atoms with Crippen LogP contribution in [0.3, 0.4) is 0 Å². The quantitative estimate of drug-likeness (QED) is 0.0750. The molecule has 2 heterocycles. The van der Waals surface area contributed by atoms with Gasteiger partial charge in [0.15, 0.2) is 0 Å². The average molecular weight is 973 g/mol. The molecular formula is C51H84N6O10S. The van der Waals surface area contributed by atoms with Crippen molar-refractivity contribution in [2.75, 3.05) is 53.4 Å². The van der Waals surface area contributed by atoms with E-state index in [1.165, 1.54) is 24.0 Å². The Morgan fingerprint density at radius 2 is 1.54 bits per heavy atom. The summed E-state index contributed by atoms with van der Waals surface area (Å²) in [5.41, 5.74) is 0.690. The molecule has 0 aromatic heterocycles. The summed E-state index contributed by atoms with van der Waals surface area (Å²) in [6.45, 7) is 15.7. The SMILES string of the molecule is CC[C@H](C)[C@@H]([C@@H](CC(=O)N1CCC[C@H]1[C@H](OC)[C@@H](C)C(=O)N[C@H](C)[C@@H](O)c1ccccc1)OC)N(C)C(=O)[C@@H](NC(=O)[C@H](C(C)C)N(C)C(=O)CCCCCN1C(=O)CC(CSC)C1=O)C(C)C. The molecule has 68 heavy (non-hydrogen) atoms. The predicted molar refractivity (Wildman–Crippen MR) is 265 cm³/mol. The maximum atomic E-state index is 14.6. The number of likely N-dealkylation sites (N-methyl/N-ethyl adjacent to an activating group) is 2. The van der Waals surface area contributed by atoms with Crippen molar-refractivity contribution in [3.05, 3.63) is 35.9 Å². The molecule has 0 radical (unpaired) electrons. The molecule has 0 spiro atoms. The molecule has 0 aliphatic carbocycles. The van der Waals surface area contributed by atoms with Gasteiger partial charge in [0.25, 0.3) is 0 Å². The van der Waals surface area contributed by atoms with Crippen LogP contribution in [0.2, 0.25) is 0 Å². The monoisotopic (exact) mass is 973 g/mol. The van der Waals surface area contributed by atoms with E-state index >= 15 is 0 Å². The van der Waals surface area contributed by atoms with Crippen molar-refractivity contribution in [1.82, 2.24) is 30.2 Å². The van der Waals surface area contributed by atoms with Gasteiger partial charge in [0, 0.05) is 60.0 Å². The molecule has 3 N–H and O–H groups in total. The molecule has 2 saturated heterocycles. The second-order valence-corrected chi connectivity index (χ2v) is 20.6. The van der Waals surface area contributed by atoms with Crippen LogP contribution < -0.4 is 10.6 Å². The fourth-order valence-electron chi connectivity index (χ4n) is 9.95. The highest BCUT2D eigenvalue weighted by Gasteiger charge is 2.44. The maximum Gasteiger partial charge on any atom is 0.245 e. The predicted octanol–water partition coefficient (Wildman–Crippen LogP) is 5.07. The van der Waals surface area contributed by atoms with Gasteiger partial charge in [-0.1, -0.05) is 91.6 Å². The van der Waals surface area contributed by atoms with Gasteiger partial charge in [-0.2, -0.15) is 11.8 Å². The number of carbonyl (C=O) groups is 7. The number of rotatable bonds is 28. The molecule has 0 saturated carbocycles. The summed E-state index contributed by atoms with van der Waals surface area (Å²) in [5.74, 6) is -2.75. The van der Waals surface area contributed by atoms with E-state index in [2.05, 4.69) is 10.6 Å². The van der Waals surface area contributed by atoms with Crippen molar-refractivity contribution in [1.29, 1.82) is 0 Å². The number of hydrogen-bond donors (Lipinski definition) is 3. The van der Waals surface area contributed by atoms with Crippen LogP contribution >= 0.6 is 11.8 Å². The van der Waals surface area contributed by atoms with Crippen molar-refractivity contribution in [2.24, 2.45) is 29.6 Å². The molecule has 17 heteroatoms. The number of aliphatic hydroxyl groups excluding tert-OH is 1. The largest absolute Gasteiger partial charge is 0.386 e. The highest BCUT2D eigenvalue weighted by molar-refractivity contribution is 7.98. The normalized spacial score (nSPS) is 20.4. The summed E-state index contributed by atoms with van der Waals surface area (Å²) >= 11 is 1.55. The van der Waals surface area contributed by atoms with Gasteiger partial charge in [-0.05, 0) is 62.2 Å². The van der Waals surface area contributed by atoms with E-state index in [1.54, 1.807) is 61.6 Å². The molecule has 1 aromatic rings. The second-order valence-electron chi connectivity index (χ2n) is 19.7. The highest BCUT2D eigenvalue weighted by atomic mass is 32.2. The van der Waals surface area contributed by atoms with Crippen molar-refractivity contribution < 1.29 is 48.1 Å². The topological polar surface area (TPSA) is 195 Å². The lowest BCUT2D eigenvalue weighted by Crippen LogP contribution is -2.60. The van der Waals surface area contributed by atoms with Crippen molar-refractivity contribution >= 4 is 53.1 Å². The smallest absolute Gasteiger partial charge is 0.245 e. The first kappa shape index (κ1) is 58.3. The highest BCUT2D eigenvalue weighted by Crippen LogP contribution is 2.30. The zero-order chi connectivity index (χ0) is 51.0. The van der Waals surface area contributed by atoms with Gasteiger partial charge < -0.3 is 39.9 Å². The van der Waals surface area contributed by atoms with Gasteiger partial charge in [0.05, 0.1) is 54.7 Å². The Hall–Kier alpha value is -4.06. The van der Waals surface area contributed by atoms with Gasteiger partial charge in [0.1, 0.15) is 12.1 Å². The molecule has 2 aliphatic heterocycles. The molecule has 11 atom stereocenters. The number of unbranched alkanes of at least 4 members (excludes halogenated alkanes) is 2. The van der Waals surface area contributed by atoms with Gasteiger partial charge in [-0.25, -0.2) is 0 Å². The number of likely N-dealkylation sites (tertiary alicyclic amines) is 2. The Morgan fingerprint density at radius 1 is 0.882 bits per heavy atom. The van der Waals surface area contributed by atoms with Gasteiger partial charge >= 0.3 is 0 Å². The number of carbonyl (C=O) groups excluding carboxylic acids is 7. The van der Waals surface area contributed by atoms with Crippen LogP contribution in [0.1, 0.15) is 125 Å². The number of hydrogen-bond acceptors (Lipinski definition) is 11. The number of thioether (sulfide) groups is 1. The van der Waals surface area contributed by atoms with Crippen LogP contribution in [0.4, 0.5) is 0 Å². The standard InChI is InChI=1S/C51H84N6O10S/c1-14-33(6)45(39(66-11)29-42(60)56-27-21-24-38(56)47(67-12)34(7)48(62)52-35(8)46(61)36-22-17-15-18-23-36)55(10)51(65)43(31(2)3)53-49(63)44(32(4)5)54(9)40(58)25-19-16-20-26-57-41(59)28-37(30-68-13)50(57)64/h15,17-18,22-23,31-35,37-39,43-47,61H,14,16,19-21,24-30H2,1-13H3,(H,52,62)(H,53,63)/t33-,34+,35+,37?,38-,39+,43-,44-,45-,46+,47+/m0/s1. The van der Waals surface area contributed by atoms with Crippen LogP contribution in [0, 0.1) is 29.6 Å². The minimum absolute atomic E-state index is 0.0366. The lowest BCUT2D eigenvalue weighted by atomic mass is 9.89. The van der Waals surface area contributed by atoms with Gasteiger partial charge in [-0.3, -0.25) is 38.5 Å². The molecule has 1 aromatic carbocycles. The number of aliphatic hydroxyl groups is 1. The summed E-state index contributed by atoms with van der Waals surface area (Å²) in [7, 11) is 6.35. The number of methoxy groups -OCH3 is 2. The fourth-order valence-corrected chi connectivity index (χ4v) is 10.6. The van der Waals surface area contributed by atoms with Crippen LogP contribution in [0.15, 0.2) is 30.3 Å². The summed E-state index contributed by atoms with van der Waals surface area (Å²) < 4.78 is 12.0. The van der Waals surface area contributed by atoms with Crippen molar-refractivity contribution in [3.8, 4) is 0 Å². The molecule has 2 fully saturated rings. The van der Waals surface area contributed by atoms with Crippen LogP contribution in [-0.2, 0) is 43.0 Å². The third-order valence-electron chi connectivity index (χ3n) is 14.2. The van der Waals surface area contributed by atoms with E-state index in [0.717, 1.165) is 6.42 Å². The fraction of sp³-hybridized carbons (Fsp3) is 0.745. The Bertz CT molecular complexity index is 1820. The van der Waals surface area contributed by atoms with Gasteiger partial charge in [0.2, 0.25) is 41.4 Å². The zero-order valence-corrected chi connectivity index (χ0v) is 44.0. The summed E-state index contributed by atoms with van der Waals surface area (Å²) in [4.78, 5) is 101. The van der Waals surface area contributed by atoms with E-state index in [1.807, 2.05) is 66.0 Å². The Balaban J connectivity index is 1.68. The van der Waals surface area contributed by atoms with E-state index in [4.69, 9.17) is 9.47 Å². The molecule has 7 amide bonds. The number of benzene rings is 1. The van der Waals surface area contributed by atoms with E-state index in [0.29, 0.717) is 56.5 Å². The van der Waals surface area contributed by atoms with Gasteiger partial charge in [-0.15, -0.1) is 0 Å². The summed E-state index contributed by atoms with van der Waals surface area (Å²) in [6.07, 6.45) is 3.85. The van der Waals surface area contributed by atoms with Crippen LogP contribution in [0.25, 0.3) is 0 Å². The van der Waals surface area contributed by atoms with E-state index < -0.39 is 60.3 Å². The first-order chi connectivity index (χ1) is 32.2. The lowest BCUT2D eigenvalue weighted by Gasteiger charge is -2.41. The Labute approximate surface area is 410 Å². The third-order valence-corrected chi connectivity index (χ3v) is 14.9. The first-order valence-corrected chi connectivity index (χ1v) is 26.1. The molecule has 2 aliphatic rings. The lowest BCUT2D eigenvalue weighted by molar-refractivity contribution is -0.148. The summed E-state index contributed by atoms with van der Waals surface area (Å²) in [5, 5.41) is 16.8. The second kappa shape index (κ2) is 28.0. The number of imide groups is 1. The molecule has 384 valence electrons.